The lowest BCUT2D eigenvalue weighted by molar-refractivity contribution is -0.384. The van der Waals surface area contributed by atoms with Gasteiger partial charge in [-0.15, -0.1) is 11.8 Å². The van der Waals surface area contributed by atoms with Crippen LogP contribution in [0.25, 0.3) is 0 Å². The number of benzene rings is 2. The molecule has 2 N–H and O–H groups in total. The molecule has 0 fully saturated rings. The van der Waals surface area contributed by atoms with E-state index in [-0.39, 0.29) is 5.69 Å². The van der Waals surface area contributed by atoms with Crippen molar-refractivity contribution in [2.24, 2.45) is 0 Å². The third-order valence-electron chi connectivity index (χ3n) is 2.54. The molecule has 0 atom stereocenters. The van der Waals surface area contributed by atoms with E-state index in [4.69, 9.17) is 17.3 Å². The molecule has 0 amide bonds. The Bertz CT molecular complexity index is 647. The molecule has 7 heteroatoms. The molecule has 4 nitrogen and oxygen atoms in total. The summed E-state index contributed by atoms with van der Waals surface area (Å²) in [5, 5.41) is 10.9. The highest BCUT2D eigenvalue weighted by Crippen LogP contribution is 2.30. The largest absolute Gasteiger partial charge is 0.399 e. The second-order valence-electron chi connectivity index (χ2n) is 4.04. The molecular weight excluding hydrogens is 303 g/mol. The lowest BCUT2D eigenvalue weighted by atomic mass is 10.2. The van der Waals surface area contributed by atoms with E-state index in [2.05, 4.69) is 0 Å². The second kappa shape index (κ2) is 6.11. The summed E-state index contributed by atoms with van der Waals surface area (Å²) >= 11 is 7.34. The average Bonchev–Trinajstić information content (AvgIpc) is 2.36. The predicted molar refractivity (Wildman–Crippen MR) is 78.5 cm³/mol. The third-order valence-corrected chi connectivity index (χ3v) is 3.91. The summed E-state index contributed by atoms with van der Waals surface area (Å²) < 4.78 is 13.2. The third kappa shape index (κ3) is 3.61. The van der Waals surface area contributed by atoms with Gasteiger partial charge >= 0.3 is 0 Å². The molecule has 0 saturated carbocycles. The van der Waals surface area contributed by atoms with Gasteiger partial charge in [0.05, 0.1) is 9.95 Å². The number of hydrogen-bond donors (Lipinski definition) is 1. The maximum absolute atomic E-state index is 13.2. The molecule has 0 radical (unpaired) electrons. The molecule has 0 saturated heterocycles. The fourth-order valence-corrected chi connectivity index (χ4v) is 2.91. The molecule has 2 aromatic rings. The molecule has 0 aliphatic heterocycles. The van der Waals surface area contributed by atoms with Crippen LogP contribution in [-0.4, -0.2) is 4.92 Å². The van der Waals surface area contributed by atoms with Gasteiger partial charge in [-0.05, 0) is 29.8 Å². The Hall–Kier alpha value is -1.79. The van der Waals surface area contributed by atoms with E-state index in [1.54, 1.807) is 12.1 Å². The number of nitrogens with zero attached hydrogens (tertiary/aromatic N) is 1. The summed E-state index contributed by atoms with van der Waals surface area (Å²) in [7, 11) is 0. The normalized spacial score (nSPS) is 10.5. The fourth-order valence-electron chi connectivity index (χ4n) is 1.60. The molecule has 0 heterocycles. The van der Waals surface area contributed by atoms with Crippen LogP contribution in [0.4, 0.5) is 15.8 Å². The van der Waals surface area contributed by atoms with Gasteiger partial charge in [-0.3, -0.25) is 10.1 Å². The van der Waals surface area contributed by atoms with Gasteiger partial charge in [0, 0.05) is 28.5 Å². The van der Waals surface area contributed by atoms with Crippen molar-refractivity contribution >= 4 is 34.7 Å². The fraction of sp³-hybridized carbons (Fsp3) is 0.0769. The topological polar surface area (TPSA) is 69.2 Å². The highest BCUT2D eigenvalue weighted by atomic mass is 35.5. The molecule has 0 unspecified atom stereocenters. The Labute approximate surface area is 123 Å². The second-order valence-corrected chi connectivity index (χ2v) is 5.50. The first-order valence-corrected chi connectivity index (χ1v) is 6.94. The number of nitro groups is 1. The van der Waals surface area contributed by atoms with Gasteiger partial charge in [0.2, 0.25) is 0 Å². The van der Waals surface area contributed by atoms with Gasteiger partial charge in [-0.1, -0.05) is 11.6 Å². The van der Waals surface area contributed by atoms with Gasteiger partial charge in [0.25, 0.3) is 5.69 Å². The van der Waals surface area contributed by atoms with Gasteiger partial charge in [-0.2, -0.15) is 0 Å². The van der Waals surface area contributed by atoms with Crippen LogP contribution in [-0.2, 0) is 5.75 Å². The van der Waals surface area contributed by atoms with Crippen LogP contribution in [0.1, 0.15) is 5.56 Å². The summed E-state index contributed by atoms with van der Waals surface area (Å²) in [5.41, 5.74) is 6.59. The highest BCUT2D eigenvalue weighted by Gasteiger charge is 2.10. The van der Waals surface area contributed by atoms with Gasteiger partial charge in [0.15, 0.2) is 0 Å². The minimum Gasteiger partial charge on any atom is -0.399 e. The number of hydrogen-bond acceptors (Lipinski definition) is 4. The van der Waals surface area contributed by atoms with Crippen molar-refractivity contribution in [2.75, 3.05) is 5.73 Å². The van der Waals surface area contributed by atoms with E-state index in [9.17, 15) is 14.5 Å². The predicted octanol–water partition coefficient (Wildman–Crippen LogP) is 4.26. The molecule has 2 rings (SSSR count). The first-order chi connectivity index (χ1) is 9.45. The zero-order chi connectivity index (χ0) is 14.7. The zero-order valence-electron chi connectivity index (χ0n) is 10.2. The summed E-state index contributed by atoms with van der Waals surface area (Å²) in [5.74, 6) is 0.0713. The lowest BCUT2D eigenvalue weighted by Crippen LogP contribution is -1.91. The van der Waals surface area contributed by atoms with Crippen molar-refractivity contribution in [3.8, 4) is 0 Å². The minimum atomic E-state index is -0.504. The molecule has 0 bridgehead atoms. The number of nitrogens with two attached hydrogens (primary N) is 1. The minimum absolute atomic E-state index is 0.0567. The number of non-ortho nitro benzene ring substituents is 1. The molecule has 0 aromatic heterocycles. The van der Waals surface area contributed by atoms with Crippen LogP contribution in [0.5, 0.6) is 0 Å². The Morgan fingerprint density at radius 3 is 2.65 bits per heavy atom. The summed E-state index contributed by atoms with van der Waals surface area (Å²) in [4.78, 5) is 10.8. The van der Waals surface area contributed by atoms with Crippen molar-refractivity contribution in [3.05, 3.63) is 62.9 Å². The summed E-state index contributed by atoms with van der Waals surface area (Å²) in [6, 6.07) is 8.56. The zero-order valence-corrected chi connectivity index (χ0v) is 11.7. The number of halogens is 2. The van der Waals surface area contributed by atoms with Crippen LogP contribution >= 0.6 is 23.4 Å². The average molecular weight is 313 g/mol. The molecule has 104 valence electrons. The van der Waals surface area contributed by atoms with E-state index < -0.39 is 10.7 Å². The Balaban J connectivity index is 2.12. The summed E-state index contributed by atoms with van der Waals surface area (Å²) in [6.45, 7) is 0. The van der Waals surface area contributed by atoms with E-state index in [0.717, 1.165) is 5.56 Å². The molecule has 0 aliphatic carbocycles. The Morgan fingerprint density at radius 1 is 1.30 bits per heavy atom. The van der Waals surface area contributed by atoms with Crippen LogP contribution in [0.3, 0.4) is 0 Å². The molecule has 20 heavy (non-hydrogen) atoms. The molecule has 0 spiro atoms. The quantitative estimate of drug-likeness (QED) is 0.396. The highest BCUT2D eigenvalue weighted by molar-refractivity contribution is 7.98. The van der Waals surface area contributed by atoms with Crippen molar-refractivity contribution in [2.45, 2.75) is 10.6 Å². The number of nitro benzene ring substituents is 1. The number of nitrogen functional groups attached to an aromatic ring is 1. The van der Waals surface area contributed by atoms with Crippen molar-refractivity contribution in [3.63, 3.8) is 0 Å². The maximum atomic E-state index is 13.2. The summed E-state index contributed by atoms with van der Waals surface area (Å²) in [6.07, 6.45) is 0. The Morgan fingerprint density at radius 2 is 2.05 bits per heavy atom. The monoisotopic (exact) mass is 312 g/mol. The van der Waals surface area contributed by atoms with Crippen LogP contribution < -0.4 is 5.73 Å². The molecule has 0 aliphatic rings. The SMILES string of the molecule is Nc1cc(F)cc(SCc2ccc([N+](=O)[O-])cc2Cl)c1. The van der Waals surface area contributed by atoms with Crippen LogP contribution in [0.2, 0.25) is 5.02 Å². The number of anilines is 1. The van der Waals surface area contributed by atoms with Gasteiger partial charge < -0.3 is 5.73 Å². The first kappa shape index (κ1) is 14.6. The van der Waals surface area contributed by atoms with Gasteiger partial charge in [0.1, 0.15) is 5.82 Å². The molecular formula is C13H10ClFN2O2S. The van der Waals surface area contributed by atoms with Crippen LogP contribution in [0.15, 0.2) is 41.3 Å². The maximum Gasteiger partial charge on any atom is 0.270 e. The van der Waals surface area contributed by atoms with Gasteiger partial charge in [-0.25, -0.2) is 4.39 Å². The smallest absolute Gasteiger partial charge is 0.270 e. The van der Waals surface area contributed by atoms with E-state index in [1.165, 1.54) is 36.0 Å². The first-order valence-electron chi connectivity index (χ1n) is 5.57. The van der Waals surface area contributed by atoms with E-state index in [1.807, 2.05) is 0 Å². The van der Waals surface area contributed by atoms with Crippen LogP contribution in [0, 0.1) is 15.9 Å². The van der Waals surface area contributed by atoms with Crippen molar-refractivity contribution in [1.29, 1.82) is 0 Å². The van der Waals surface area contributed by atoms with Crippen molar-refractivity contribution < 1.29 is 9.31 Å². The standard InChI is InChI=1S/C13H10ClFN2O2S/c14-13-6-11(17(18)19)2-1-8(13)7-20-12-4-9(15)3-10(16)5-12/h1-6H,7,16H2. The van der Waals surface area contributed by atoms with E-state index in [0.29, 0.717) is 21.4 Å². The lowest BCUT2D eigenvalue weighted by Gasteiger charge is -2.05. The molecule has 2 aromatic carbocycles. The number of thioether (sulfide) groups is 1. The number of rotatable bonds is 4. The van der Waals surface area contributed by atoms with E-state index >= 15 is 0 Å². The Kier molecular flexibility index (Phi) is 4.46. The van der Waals surface area contributed by atoms with Crippen molar-refractivity contribution in [1.82, 2.24) is 0 Å².